The first-order valence-electron chi connectivity index (χ1n) is 11.2. The van der Waals surface area contributed by atoms with Crippen LogP contribution in [-0.2, 0) is 10.0 Å². The highest BCUT2D eigenvalue weighted by Crippen LogP contribution is 2.38. The molecule has 12 heteroatoms. The molecule has 0 saturated heterocycles. The van der Waals surface area contributed by atoms with Gasteiger partial charge in [0.2, 0.25) is 21.8 Å². The van der Waals surface area contributed by atoms with Crippen LogP contribution in [0.1, 0.15) is 36.9 Å². The van der Waals surface area contributed by atoms with Crippen molar-refractivity contribution >= 4 is 16.0 Å². The normalized spacial score (nSPS) is 13.3. The molecular weight excluding hydrogens is 484 g/mol. The molecule has 0 aliphatic rings. The number of methoxy groups -OCH3 is 2. The Morgan fingerprint density at radius 2 is 1.61 bits per heavy atom. The lowest BCUT2D eigenvalue weighted by molar-refractivity contribution is 0.391. The largest absolute Gasteiger partial charge is 0.494 e. The number of hydrogen-bond donors (Lipinski definition) is 1. The molecule has 190 valence electrons. The first-order valence-corrected chi connectivity index (χ1v) is 12.7. The average Bonchev–Trinajstić information content (AvgIpc) is 3.48. The Labute approximate surface area is 209 Å². The summed E-state index contributed by atoms with van der Waals surface area (Å²) in [5.74, 6) is 2.06. The number of aryl methyl sites for hydroxylation is 2. The summed E-state index contributed by atoms with van der Waals surface area (Å²) in [6, 6.07) is 8.73. The Bertz CT molecular complexity index is 1440. The van der Waals surface area contributed by atoms with Crippen molar-refractivity contribution in [2.75, 3.05) is 18.9 Å². The van der Waals surface area contributed by atoms with Crippen LogP contribution in [0.4, 0.5) is 5.95 Å². The SMILES string of the molecule is COc1cccc(OC)c1-n1c(NS(=O)(=O)C(C)C(C)c2ncc(C)cn2)nnc1-c1ccc(C)o1. The van der Waals surface area contributed by atoms with E-state index in [0.29, 0.717) is 34.5 Å². The zero-order chi connectivity index (χ0) is 26.0. The number of hydrogen-bond acceptors (Lipinski definition) is 9. The molecule has 2 atom stereocenters. The predicted molar refractivity (Wildman–Crippen MR) is 134 cm³/mol. The smallest absolute Gasteiger partial charge is 0.243 e. The van der Waals surface area contributed by atoms with Gasteiger partial charge < -0.3 is 13.9 Å². The number of benzene rings is 1. The minimum atomic E-state index is -3.97. The van der Waals surface area contributed by atoms with E-state index in [-0.39, 0.29) is 11.8 Å². The summed E-state index contributed by atoms with van der Waals surface area (Å²) < 4.78 is 48.0. The quantitative estimate of drug-likeness (QED) is 0.354. The molecule has 3 heterocycles. The van der Waals surface area contributed by atoms with Gasteiger partial charge in [0.15, 0.2) is 5.76 Å². The van der Waals surface area contributed by atoms with Crippen molar-refractivity contribution in [2.45, 2.75) is 38.9 Å². The van der Waals surface area contributed by atoms with Gasteiger partial charge in [0.1, 0.15) is 28.8 Å². The minimum absolute atomic E-state index is 0.0503. The second kappa shape index (κ2) is 9.97. The van der Waals surface area contributed by atoms with Gasteiger partial charge in [0.25, 0.3) is 0 Å². The van der Waals surface area contributed by atoms with Crippen LogP contribution < -0.4 is 14.2 Å². The Balaban J connectivity index is 1.81. The van der Waals surface area contributed by atoms with E-state index in [0.717, 1.165) is 5.56 Å². The number of sulfonamides is 1. The zero-order valence-corrected chi connectivity index (χ0v) is 21.7. The molecule has 3 aromatic heterocycles. The van der Waals surface area contributed by atoms with Crippen LogP contribution >= 0.6 is 0 Å². The third-order valence-corrected chi connectivity index (χ3v) is 7.74. The molecule has 0 aliphatic carbocycles. The highest BCUT2D eigenvalue weighted by Gasteiger charge is 2.32. The van der Waals surface area contributed by atoms with Crippen molar-refractivity contribution < 1.29 is 22.3 Å². The molecule has 0 amide bonds. The molecule has 4 rings (SSSR count). The second-order valence-electron chi connectivity index (χ2n) is 8.36. The van der Waals surface area contributed by atoms with Crippen molar-refractivity contribution in [2.24, 2.45) is 0 Å². The molecule has 0 radical (unpaired) electrons. The third-order valence-electron chi connectivity index (χ3n) is 5.88. The maximum Gasteiger partial charge on any atom is 0.243 e. The van der Waals surface area contributed by atoms with E-state index in [1.54, 1.807) is 63.5 Å². The van der Waals surface area contributed by atoms with Gasteiger partial charge in [-0.1, -0.05) is 13.0 Å². The number of para-hydroxylation sites is 1. The molecule has 0 aliphatic heterocycles. The Kier molecular flexibility index (Phi) is 6.97. The van der Waals surface area contributed by atoms with Gasteiger partial charge in [-0.15, -0.1) is 10.2 Å². The summed E-state index contributed by atoms with van der Waals surface area (Å²) >= 11 is 0. The molecular formula is C24H28N6O5S. The lowest BCUT2D eigenvalue weighted by Crippen LogP contribution is -2.31. The number of nitrogens with zero attached hydrogens (tertiary/aromatic N) is 5. The monoisotopic (exact) mass is 512 g/mol. The molecule has 36 heavy (non-hydrogen) atoms. The van der Waals surface area contributed by atoms with Crippen LogP contribution in [0.5, 0.6) is 11.5 Å². The Morgan fingerprint density at radius 1 is 0.972 bits per heavy atom. The first-order chi connectivity index (χ1) is 17.2. The van der Waals surface area contributed by atoms with Crippen LogP contribution in [0.3, 0.4) is 0 Å². The lowest BCUT2D eigenvalue weighted by Gasteiger charge is -2.21. The van der Waals surface area contributed by atoms with Gasteiger partial charge in [0, 0.05) is 18.3 Å². The van der Waals surface area contributed by atoms with Crippen LogP contribution in [0.2, 0.25) is 0 Å². The van der Waals surface area contributed by atoms with Crippen molar-refractivity contribution in [3.63, 3.8) is 0 Å². The van der Waals surface area contributed by atoms with Crippen molar-refractivity contribution in [1.29, 1.82) is 0 Å². The molecule has 1 aromatic carbocycles. The van der Waals surface area contributed by atoms with Gasteiger partial charge in [-0.2, -0.15) is 0 Å². The number of ether oxygens (including phenoxy) is 2. The van der Waals surface area contributed by atoms with Crippen LogP contribution in [0.15, 0.2) is 47.1 Å². The van der Waals surface area contributed by atoms with Crippen LogP contribution in [0.25, 0.3) is 17.3 Å². The van der Waals surface area contributed by atoms with E-state index in [1.165, 1.54) is 18.8 Å². The first kappa shape index (κ1) is 25.2. The van der Waals surface area contributed by atoms with Gasteiger partial charge in [-0.05, 0) is 50.6 Å². The number of nitrogens with one attached hydrogen (secondary N) is 1. The fourth-order valence-electron chi connectivity index (χ4n) is 3.67. The Hall–Kier alpha value is -3.93. The zero-order valence-electron chi connectivity index (χ0n) is 20.9. The van der Waals surface area contributed by atoms with Crippen molar-refractivity contribution in [3.8, 4) is 28.8 Å². The van der Waals surface area contributed by atoms with E-state index in [9.17, 15) is 8.42 Å². The van der Waals surface area contributed by atoms with E-state index in [2.05, 4.69) is 24.9 Å². The average molecular weight is 513 g/mol. The van der Waals surface area contributed by atoms with Crippen LogP contribution in [0, 0.1) is 13.8 Å². The van der Waals surface area contributed by atoms with E-state index >= 15 is 0 Å². The third kappa shape index (κ3) is 4.76. The Morgan fingerprint density at radius 3 is 2.17 bits per heavy atom. The number of anilines is 1. The van der Waals surface area contributed by atoms with Gasteiger partial charge in [-0.3, -0.25) is 9.29 Å². The molecule has 0 fully saturated rings. The fraction of sp³-hybridized carbons (Fsp3) is 0.333. The van der Waals surface area contributed by atoms with Crippen molar-refractivity contribution in [1.82, 2.24) is 24.7 Å². The van der Waals surface area contributed by atoms with Gasteiger partial charge >= 0.3 is 0 Å². The summed E-state index contributed by atoms with van der Waals surface area (Å²) in [5, 5.41) is 7.51. The fourth-order valence-corrected chi connectivity index (χ4v) is 4.90. The molecule has 0 spiro atoms. The molecule has 4 aromatic rings. The molecule has 0 bridgehead atoms. The summed E-state index contributed by atoms with van der Waals surface area (Å²) in [6.07, 6.45) is 3.32. The lowest BCUT2D eigenvalue weighted by atomic mass is 10.1. The van der Waals surface area contributed by atoms with E-state index < -0.39 is 21.2 Å². The molecule has 0 saturated carbocycles. The predicted octanol–water partition coefficient (Wildman–Crippen LogP) is 3.89. The second-order valence-corrected chi connectivity index (χ2v) is 10.4. The number of aromatic nitrogens is 5. The highest BCUT2D eigenvalue weighted by atomic mass is 32.2. The molecule has 11 nitrogen and oxygen atoms in total. The minimum Gasteiger partial charge on any atom is -0.494 e. The highest BCUT2D eigenvalue weighted by molar-refractivity contribution is 7.93. The van der Waals surface area contributed by atoms with Crippen LogP contribution in [-0.4, -0.2) is 52.6 Å². The molecule has 2 unspecified atom stereocenters. The summed E-state index contributed by atoms with van der Waals surface area (Å²) in [5.41, 5.74) is 1.30. The van der Waals surface area contributed by atoms with Gasteiger partial charge in [0.05, 0.1) is 19.5 Å². The van der Waals surface area contributed by atoms with E-state index in [4.69, 9.17) is 13.9 Å². The maximum atomic E-state index is 13.5. The van der Waals surface area contributed by atoms with Gasteiger partial charge in [-0.25, -0.2) is 18.4 Å². The number of rotatable bonds is 9. The van der Waals surface area contributed by atoms with E-state index in [1.807, 2.05) is 6.92 Å². The summed E-state index contributed by atoms with van der Waals surface area (Å²) in [6.45, 7) is 7.03. The standard InChI is InChI=1S/C24H28N6O5S/c1-14-12-25-22(26-13-14)16(3)17(4)36(31,32)29-24-28-27-23(20-11-10-15(2)35-20)30(24)21-18(33-5)8-7-9-19(21)34-6/h7-13,16-17H,1-6H3,(H,28,29). The van der Waals surface area contributed by atoms with Crippen molar-refractivity contribution in [3.05, 3.63) is 59.9 Å². The summed E-state index contributed by atoms with van der Waals surface area (Å²) in [4.78, 5) is 8.59. The summed E-state index contributed by atoms with van der Waals surface area (Å²) in [7, 11) is -0.953. The molecule has 1 N–H and O–H groups in total. The maximum absolute atomic E-state index is 13.5. The topological polar surface area (TPSA) is 134 Å². The number of furan rings is 1.